The lowest BCUT2D eigenvalue weighted by molar-refractivity contribution is -0.120. The molecular weight excluding hydrogens is 396 g/mol. The molecule has 1 saturated heterocycles. The number of ether oxygens (including phenoxy) is 1. The van der Waals surface area contributed by atoms with E-state index in [1.165, 1.54) is 4.31 Å². The molecule has 1 aromatic rings. The molecule has 1 aromatic carbocycles. The summed E-state index contributed by atoms with van der Waals surface area (Å²) in [4.78, 5) is 11.8. The first kappa shape index (κ1) is 19.4. The Morgan fingerprint density at radius 1 is 1.29 bits per heavy atom. The zero-order valence-corrected chi connectivity index (χ0v) is 16.1. The number of morpholine rings is 1. The van der Waals surface area contributed by atoms with E-state index in [0.717, 1.165) is 12.0 Å². The highest BCUT2D eigenvalue weighted by atomic mass is 79.9. The molecule has 6 nitrogen and oxygen atoms in total. The normalized spacial score (nSPS) is 17.4. The quantitative estimate of drug-likeness (QED) is 0.681. The minimum absolute atomic E-state index is 0.0241. The molecule has 1 unspecified atom stereocenters. The van der Waals surface area contributed by atoms with Crippen LogP contribution in [-0.4, -0.2) is 56.3 Å². The molecule has 1 aliphatic heterocycles. The Bertz CT molecular complexity index is 643. The van der Waals surface area contributed by atoms with Crippen molar-refractivity contribution in [3.05, 3.63) is 29.8 Å². The van der Waals surface area contributed by atoms with Gasteiger partial charge in [0.1, 0.15) is 0 Å². The molecule has 0 radical (unpaired) electrons. The average Bonchev–Trinajstić information content (AvgIpc) is 2.62. The maximum absolute atomic E-state index is 12.5. The second-order valence-corrected chi connectivity index (χ2v) is 8.62. The first-order valence-corrected chi connectivity index (χ1v) is 10.4. The molecule has 1 heterocycles. The van der Waals surface area contributed by atoms with Gasteiger partial charge < -0.3 is 10.1 Å². The van der Waals surface area contributed by atoms with Gasteiger partial charge in [-0.2, -0.15) is 4.31 Å². The van der Waals surface area contributed by atoms with Crippen molar-refractivity contribution in [2.24, 2.45) is 0 Å². The number of carbonyl (C=O) groups is 1. The van der Waals surface area contributed by atoms with Crippen LogP contribution in [-0.2, 0) is 26.0 Å². The molecule has 2 rings (SSSR count). The van der Waals surface area contributed by atoms with Crippen LogP contribution in [0.1, 0.15) is 18.9 Å². The summed E-state index contributed by atoms with van der Waals surface area (Å²) in [7, 11) is -3.45. The summed E-state index contributed by atoms with van der Waals surface area (Å²) < 4.78 is 31.7. The number of sulfonamides is 1. The van der Waals surface area contributed by atoms with E-state index in [0.29, 0.717) is 44.2 Å². The molecule has 0 aromatic heterocycles. The number of alkyl halides is 1. The Balaban J connectivity index is 1.91. The van der Waals surface area contributed by atoms with Gasteiger partial charge in [0.05, 0.1) is 22.9 Å². The minimum atomic E-state index is -3.45. The molecule has 1 atom stereocenters. The monoisotopic (exact) mass is 418 g/mol. The van der Waals surface area contributed by atoms with Gasteiger partial charge in [-0.15, -0.1) is 0 Å². The van der Waals surface area contributed by atoms with Gasteiger partial charge in [0.2, 0.25) is 15.9 Å². The van der Waals surface area contributed by atoms with Gasteiger partial charge in [-0.25, -0.2) is 8.42 Å². The standard InChI is InChI=1S/C16H23BrN2O4S/c1-2-15(17)16(20)18-8-7-13-3-5-14(6-4-13)24(21,22)19-9-11-23-12-10-19/h3-6,15H,2,7-12H2,1H3,(H,18,20). The summed E-state index contributed by atoms with van der Waals surface area (Å²) in [6.07, 6.45) is 1.40. The molecule has 0 bridgehead atoms. The molecule has 0 spiro atoms. The van der Waals surface area contributed by atoms with Crippen molar-refractivity contribution < 1.29 is 17.9 Å². The van der Waals surface area contributed by atoms with Crippen LogP contribution in [0.4, 0.5) is 0 Å². The van der Waals surface area contributed by atoms with E-state index in [1.807, 2.05) is 6.92 Å². The van der Waals surface area contributed by atoms with Crippen molar-refractivity contribution in [1.82, 2.24) is 9.62 Å². The summed E-state index contributed by atoms with van der Waals surface area (Å²) in [6, 6.07) is 6.85. The summed E-state index contributed by atoms with van der Waals surface area (Å²) in [5.41, 5.74) is 0.985. The van der Waals surface area contributed by atoms with Crippen LogP contribution >= 0.6 is 15.9 Å². The molecule has 0 saturated carbocycles. The van der Waals surface area contributed by atoms with E-state index < -0.39 is 10.0 Å². The van der Waals surface area contributed by atoms with Crippen molar-refractivity contribution in [3.8, 4) is 0 Å². The van der Waals surface area contributed by atoms with E-state index in [1.54, 1.807) is 24.3 Å². The predicted molar refractivity (Wildman–Crippen MR) is 95.7 cm³/mol. The van der Waals surface area contributed by atoms with Gasteiger partial charge in [-0.1, -0.05) is 35.0 Å². The number of nitrogens with zero attached hydrogens (tertiary/aromatic N) is 1. The fraction of sp³-hybridized carbons (Fsp3) is 0.562. The molecule has 1 N–H and O–H groups in total. The topological polar surface area (TPSA) is 75.7 Å². The Morgan fingerprint density at radius 3 is 2.50 bits per heavy atom. The smallest absolute Gasteiger partial charge is 0.243 e. The second-order valence-electron chi connectivity index (χ2n) is 5.58. The number of hydrogen-bond acceptors (Lipinski definition) is 4. The minimum Gasteiger partial charge on any atom is -0.379 e. The third-order valence-electron chi connectivity index (χ3n) is 3.89. The molecule has 134 valence electrons. The lowest BCUT2D eigenvalue weighted by atomic mass is 10.1. The fourth-order valence-corrected chi connectivity index (χ4v) is 3.96. The van der Waals surface area contributed by atoms with Crippen LogP contribution in [0, 0.1) is 0 Å². The Hall–Kier alpha value is -0.960. The van der Waals surface area contributed by atoms with Crippen LogP contribution in [0.3, 0.4) is 0 Å². The van der Waals surface area contributed by atoms with Crippen molar-refractivity contribution in [2.45, 2.75) is 29.5 Å². The van der Waals surface area contributed by atoms with Crippen molar-refractivity contribution in [2.75, 3.05) is 32.8 Å². The maximum atomic E-state index is 12.5. The highest BCUT2D eigenvalue weighted by molar-refractivity contribution is 9.10. The molecular formula is C16H23BrN2O4S. The SMILES string of the molecule is CCC(Br)C(=O)NCCc1ccc(S(=O)(=O)N2CCOCC2)cc1. The van der Waals surface area contributed by atoms with Crippen LogP contribution < -0.4 is 5.32 Å². The highest BCUT2D eigenvalue weighted by Gasteiger charge is 2.26. The van der Waals surface area contributed by atoms with Gasteiger partial charge in [0.15, 0.2) is 0 Å². The first-order valence-electron chi connectivity index (χ1n) is 8.03. The van der Waals surface area contributed by atoms with Gasteiger partial charge in [-0.05, 0) is 30.5 Å². The molecule has 24 heavy (non-hydrogen) atoms. The van der Waals surface area contributed by atoms with Crippen LogP contribution in [0.15, 0.2) is 29.2 Å². The Morgan fingerprint density at radius 2 is 1.92 bits per heavy atom. The van der Waals surface area contributed by atoms with E-state index in [-0.39, 0.29) is 10.7 Å². The zero-order valence-electron chi connectivity index (χ0n) is 13.7. The van der Waals surface area contributed by atoms with Gasteiger partial charge in [0, 0.05) is 19.6 Å². The molecule has 0 aliphatic carbocycles. The van der Waals surface area contributed by atoms with Crippen LogP contribution in [0.25, 0.3) is 0 Å². The number of hydrogen-bond donors (Lipinski definition) is 1. The summed E-state index contributed by atoms with van der Waals surface area (Å²) in [6.45, 7) is 4.11. The number of rotatable bonds is 7. The van der Waals surface area contributed by atoms with Crippen molar-refractivity contribution >= 4 is 31.9 Å². The van der Waals surface area contributed by atoms with E-state index in [2.05, 4.69) is 21.2 Å². The Kier molecular flexibility index (Phi) is 7.21. The lowest BCUT2D eigenvalue weighted by Crippen LogP contribution is -2.40. The predicted octanol–water partition coefficient (Wildman–Crippen LogP) is 1.54. The van der Waals surface area contributed by atoms with Crippen LogP contribution in [0.2, 0.25) is 0 Å². The number of carbonyl (C=O) groups excluding carboxylic acids is 1. The highest BCUT2D eigenvalue weighted by Crippen LogP contribution is 2.17. The molecule has 8 heteroatoms. The molecule has 1 fully saturated rings. The van der Waals surface area contributed by atoms with E-state index >= 15 is 0 Å². The Labute approximate surface area is 151 Å². The molecule has 1 amide bonds. The maximum Gasteiger partial charge on any atom is 0.243 e. The average molecular weight is 419 g/mol. The number of nitrogens with one attached hydrogen (secondary N) is 1. The van der Waals surface area contributed by atoms with Crippen LogP contribution in [0.5, 0.6) is 0 Å². The second kappa shape index (κ2) is 8.94. The van der Waals surface area contributed by atoms with Crippen molar-refractivity contribution in [1.29, 1.82) is 0 Å². The van der Waals surface area contributed by atoms with Crippen molar-refractivity contribution in [3.63, 3.8) is 0 Å². The number of benzene rings is 1. The van der Waals surface area contributed by atoms with Gasteiger partial charge in [0.25, 0.3) is 0 Å². The fourth-order valence-electron chi connectivity index (χ4n) is 2.39. The largest absolute Gasteiger partial charge is 0.379 e. The number of amides is 1. The van der Waals surface area contributed by atoms with Gasteiger partial charge in [-0.3, -0.25) is 4.79 Å². The summed E-state index contributed by atoms with van der Waals surface area (Å²) >= 11 is 3.31. The number of halogens is 1. The van der Waals surface area contributed by atoms with Gasteiger partial charge >= 0.3 is 0 Å². The van der Waals surface area contributed by atoms with E-state index in [4.69, 9.17) is 4.74 Å². The lowest BCUT2D eigenvalue weighted by Gasteiger charge is -2.26. The third kappa shape index (κ3) is 5.02. The zero-order chi connectivity index (χ0) is 17.6. The first-order chi connectivity index (χ1) is 11.4. The molecule has 1 aliphatic rings. The summed E-state index contributed by atoms with van der Waals surface area (Å²) in [5, 5.41) is 2.85. The van der Waals surface area contributed by atoms with E-state index in [9.17, 15) is 13.2 Å². The third-order valence-corrected chi connectivity index (χ3v) is 6.86. The summed E-state index contributed by atoms with van der Waals surface area (Å²) in [5.74, 6) is -0.0241.